The molecule has 1 unspecified atom stereocenters. The van der Waals surface area contributed by atoms with Crippen molar-refractivity contribution in [2.24, 2.45) is 17.2 Å². The lowest BCUT2D eigenvalue weighted by Crippen LogP contribution is -2.20. The van der Waals surface area contributed by atoms with Crippen molar-refractivity contribution in [3.8, 4) is 0 Å². The average Bonchev–Trinajstić information content (AvgIpc) is 2.84. The van der Waals surface area contributed by atoms with Crippen LogP contribution in [0.2, 0.25) is 15.1 Å². The van der Waals surface area contributed by atoms with E-state index in [0.717, 1.165) is 0 Å². The predicted octanol–water partition coefficient (Wildman–Crippen LogP) is 4.27. The van der Waals surface area contributed by atoms with Gasteiger partial charge in [-0.15, -0.1) is 0 Å². The second-order valence-corrected chi connectivity index (χ2v) is 8.23. The second kappa shape index (κ2) is 15.0. The topological polar surface area (TPSA) is 190 Å². The summed E-state index contributed by atoms with van der Waals surface area (Å²) in [5, 5.41) is 26.9. The van der Waals surface area contributed by atoms with Crippen LogP contribution in [0.4, 0.5) is 0 Å². The molecule has 3 atom stereocenters. The summed E-state index contributed by atoms with van der Waals surface area (Å²) in [6, 6.07) is 16.8. The first-order valence-corrected chi connectivity index (χ1v) is 11.2. The number of carbonyl (C=O) groups is 3. The minimum atomic E-state index is -1.08. The van der Waals surface area contributed by atoms with Gasteiger partial charge in [-0.25, -0.2) is 0 Å². The molecular formula is C24H24Cl3N3O6. The molecule has 0 amide bonds. The van der Waals surface area contributed by atoms with E-state index in [1.807, 2.05) is 0 Å². The average molecular weight is 557 g/mol. The molecule has 3 aromatic carbocycles. The molecule has 0 heterocycles. The van der Waals surface area contributed by atoms with Crippen LogP contribution in [0, 0.1) is 0 Å². The Kier molecular flexibility index (Phi) is 12.9. The van der Waals surface area contributed by atoms with Gasteiger partial charge in [0, 0.05) is 15.1 Å². The van der Waals surface area contributed by atoms with E-state index in [4.69, 9.17) is 67.3 Å². The molecule has 0 aliphatic rings. The van der Waals surface area contributed by atoms with Crippen LogP contribution in [0.5, 0.6) is 0 Å². The van der Waals surface area contributed by atoms with E-state index in [9.17, 15) is 14.4 Å². The van der Waals surface area contributed by atoms with Gasteiger partial charge in [0.25, 0.3) is 0 Å². The third-order valence-electron chi connectivity index (χ3n) is 4.52. The van der Waals surface area contributed by atoms with E-state index in [-0.39, 0.29) is 0 Å². The highest BCUT2D eigenvalue weighted by Crippen LogP contribution is 2.22. The summed E-state index contributed by atoms with van der Waals surface area (Å²) in [6.45, 7) is 0. The van der Waals surface area contributed by atoms with Crippen molar-refractivity contribution in [2.45, 2.75) is 18.1 Å². The smallest absolute Gasteiger partial charge is 0.325 e. The molecule has 36 heavy (non-hydrogen) atoms. The monoisotopic (exact) mass is 555 g/mol. The number of aliphatic carboxylic acids is 3. The number of rotatable bonds is 6. The quantitative estimate of drug-likeness (QED) is 0.257. The molecule has 0 aliphatic carbocycles. The molecule has 0 fully saturated rings. The highest BCUT2D eigenvalue weighted by atomic mass is 35.5. The van der Waals surface area contributed by atoms with Gasteiger partial charge in [-0.3, -0.25) is 14.4 Å². The lowest BCUT2D eigenvalue weighted by molar-refractivity contribution is -0.139. The van der Waals surface area contributed by atoms with Crippen LogP contribution in [0.15, 0.2) is 72.8 Å². The zero-order valence-electron chi connectivity index (χ0n) is 18.6. The molecule has 12 heteroatoms. The van der Waals surface area contributed by atoms with E-state index >= 15 is 0 Å². The minimum absolute atomic E-state index is 0.382. The zero-order chi connectivity index (χ0) is 27.4. The number of halogens is 3. The molecule has 0 bridgehead atoms. The van der Waals surface area contributed by atoms with Gasteiger partial charge >= 0.3 is 17.9 Å². The first-order chi connectivity index (χ1) is 16.9. The normalized spacial score (nSPS) is 12.5. The Hall–Kier alpha value is -3.18. The third-order valence-corrected chi connectivity index (χ3v) is 5.55. The Morgan fingerprint density at radius 1 is 0.500 bits per heavy atom. The van der Waals surface area contributed by atoms with Gasteiger partial charge in [-0.05, 0) is 34.9 Å². The van der Waals surface area contributed by atoms with E-state index < -0.39 is 36.0 Å². The zero-order valence-corrected chi connectivity index (χ0v) is 20.9. The maximum atomic E-state index is 10.5. The van der Waals surface area contributed by atoms with E-state index in [2.05, 4.69) is 0 Å². The van der Waals surface area contributed by atoms with Crippen LogP contribution in [-0.2, 0) is 14.4 Å². The van der Waals surface area contributed by atoms with Gasteiger partial charge in [0.15, 0.2) is 0 Å². The van der Waals surface area contributed by atoms with Gasteiger partial charge in [0.1, 0.15) is 18.1 Å². The van der Waals surface area contributed by atoms with Crippen molar-refractivity contribution in [1.29, 1.82) is 0 Å². The molecule has 3 aromatic rings. The minimum Gasteiger partial charge on any atom is -0.480 e. The van der Waals surface area contributed by atoms with Crippen LogP contribution < -0.4 is 17.2 Å². The first kappa shape index (κ1) is 30.9. The molecule has 0 saturated carbocycles. The van der Waals surface area contributed by atoms with Crippen molar-refractivity contribution >= 4 is 52.7 Å². The van der Waals surface area contributed by atoms with Crippen LogP contribution in [0.1, 0.15) is 34.8 Å². The number of carboxylic acid groups (broad SMARTS) is 3. The Bertz CT molecular complexity index is 1050. The summed E-state index contributed by atoms with van der Waals surface area (Å²) in [7, 11) is 0. The highest BCUT2D eigenvalue weighted by molar-refractivity contribution is 6.32. The Morgan fingerprint density at radius 3 is 0.861 bits per heavy atom. The van der Waals surface area contributed by atoms with Crippen LogP contribution in [0.3, 0.4) is 0 Å². The lowest BCUT2D eigenvalue weighted by Gasteiger charge is -2.07. The number of nitrogens with two attached hydrogens (primary N) is 3. The Morgan fingerprint density at radius 2 is 0.694 bits per heavy atom. The molecule has 0 aliphatic heterocycles. The molecule has 0 radical (unpaired) electrons. The first-order valence-electron chi connectivity index (χ1n) is 10.1. The molecule has 192 valence electrons. The highest BCUT2D eigenvalue weighted by Gasteiger charge is 2.17. The van der Waals surface area contributed by atoms with Crippen molar-refractivity contribution < 1.29 is 29.7 Å². The molecule has 9 N–H and O–H groups in total. The second-order valence-electron chi connectivity index (χ2n) is 7.01. The van der Waals surface area contributed by atoms with E-state index in [1.165, 1.54) is 0 Å². The maximum Gasteiger partial charge on any atom is 0.325 e. The third kappa shape index (κ3) is 9.46. The number of carboxylic acids is 3. The van der Waals surface area contributed by atoms with Crippen molar-refractivity contribution in [2.75, 3.05) is 0 Å². The number of benzene rings is 3. The Balaban J connectivity index is 0.000000270. The maximum absolute atomic E-state index is 10.5. The fourth-order valence-electron chi connectivity index (χ4n) is 2.58. The fraction of sp³-hybridized carbons (Fsp3) is 0.125. The summed E-state index contributed by atoms with van der Waals surface area (Å²) in [4.78, 5) is 31.4. The van der Waals surface area contributed by atoms with Gasteiger partial charge in [-0.1, -0.05) is 89.4 Å². The molecule has 0 aromatic heterocycles. The summed E-state index contributed by atoms with van der Waals surface area (Å²) < 4.78 is 0. The molecule has 9 nitrogen and oxygen atoms in total. The van der Waals surface area contributed by atoms with Gasteiger partial charge in [-0.2, -0.15) is 0 Å². The van der Waals surface area contributed by atoms with Crippen molar-refractivity contribution in [3.63, 3.8) is 0 Å². The lowest BCUT2D eigenvalue weighted by atomic mass is 10.1. The van der Waals surface area contributed by atoms with Crippen LogP contribution >= 0.6 is 34.8 Å². The largest absolute Gasteiger partial charge is 0.480 e. The number of hydrogen-bond acceptors (Lipinski definition) is 6. The number of hydrogen-bond donors (Lipinski definition) is 6. The predicted molar refractivity (Wildman–Crippen MR) is 138 cm³/mol. The standard InChI is InChI=1S/3C8H8ClNO2/c3*9-6-4-2-1-3-5(6)7(10)8(11)12/h3*1-4,7H,10H2,(H,11,12)/t2*7-;/m10./s1. The van der Waals surface area contributed by atoms with Crippen LogP contribution in [-0.4, -0.2) is 33.2 Å². The summed E-state index contributed by atoms with van der Waals surface area (Å²) >= 11 is 17.2. The molecule has 0 saturated heterocycles. The summed E-state index contributed by atoms with van der Waals surface area (Å²) in [6.07, 6.45) is 0. The van der Waals surface area contributed by atoms with E-state index in [0.29, 0.717) is 31.8 Å². The SMILES string of the molecule is NC(C(=O)O)c1ccccc1Cl.N[C@@H](C(=O)O)c1ccccc1Cl.N[C@H](C(=O)O)c1ccccc1Cl. The van der Waals surface area contributed by atoms with Gasteiger partial charge < -0.3 is 32.5 Å². The van der Waals surface area contributed by atoms with Crippen LogP contribution in [0.25, 0.3) is 0 Å². The molecule has 3 rings (SSSR count). The van der Waals surface area contributed by atoms with Gasteiger partial charge in [0.05, 0.1) is 0 Å². The fourth-order valence-corrected chi connectivity index (χ4v) is 3.34. The van der Waals surface area contributed by atoms with Gasteiger partial charge in [0.2, 0.25) is 0 Å². The summed E-state index contributed by atoms with van der Waals surface area (Å²) in [5.41, 5.74) is 17.4. The van der Waals surface area contributed by atoms with E-state index in [1.54, 1.807) is 72.8 Å². The van der Waals surface area contributed by atoms with Crippen molar-refractivity contribution in [1.82, 2.24) is 0 Å². The molecular weight excluding hydrogens is 533 g/mol. The summed E-state index contributed by atoms with van der Waals surface area (Å²) in [5.74, 6) is -3.24. The van der Waals surface area contributed by atoms with Crippen molar-refractivity contribution in [3.05, 3.63) is 105 Å². The molecule has 0 spiro atoms. The Labute approximate surface area is 222 Å².